The average molecular weight is 293 g/mol. The number of nitrogens with zero attached hydrogens (tertiary/aromatic N) is 1. The molecule has 0 saturated heterocycles. The van der Waals surface area contributed by atoms with Crippen molar-refractivity contribution in [2.45, 2.75) is 4.90 Å². The van der Waals surface area contributed by atoms with Crippen LogP contribution in [-0.4, -0.2) is 30.9 Å². The number of aromatic nitrogens is 1. The Hall–Kier alpha value is -2.41. The third-order valence-corrected chi connectivity index (χ3v) is 3.58. The summed E-state index contributed by atoms with van der Waals surface area (Å²) in [6.07, 6.45) is -0.344. The standard InChI is InChI=1S/C13H11NO5S/c1-20(17,18)10-5-2-4-9(8-10)11-6-3-7-12(14-11)19-13(15)16/h2-8H,1H3,(H,15,16). The van der Waals surface area contributed by atoms with E-state index in [0.717, 1.165) is 6.26 Å². The van der Waals surface area contributed by atoms with Gasteiger partial charge in [0, 0.05) is 17.9 Å². The quantitative estimate of drug-likeness (QED) is 0.872. The summed E-state index contributed by atoms with van der Waals surface area (Å²) < 4.78 is 27.5. The first kappa shape index (κ1) is 14.0. The number of carbonyl (C=O) groups is 1. The highest BCUT2D eigenvalue weighted by atomic mass is 32.2. The number of sulfone groups is 1. The van der Waals surface area contributed by atoms with Gasteiger partial charge in [-0.15, -0.1) is 0 Å². The first-order valence-corrected chi connectivity index (χ1v) is 7.44. The van der Waals surface area contributed by atoms with E-state index in [4.69, 9.17) is 5.11 Å². The van der Waals surface area contributed by atoms with Gasteiger partial charge in [0.15, 0.2) is 9.84 Å². The predicted octanol–water partition coefficient (Wildman–Crippen LogP) is 2.21. The Labute approximate surface area is 115 Å². The highest BCUT2D eigenvalue weighted by Gasteiger charge is 2.10. The molecule has 1 N–H and O–H groups in total. The monoisotopic (exact) mass is 293 g/mol. The molecule has 0 atom stereocenters. The Bertz CT molecular complexity index is 755. The van der Waals surface area contributed by atoms with Gasteiger partial charge in [0.1, 0.15) is 0 Å². The first-order valence-electron chi connectivity index (χ1n) is 5.54. The van der Waals surface area contributed by atoms with E-state index in [-0.39, 0.29) is 10.8 Å². The highest BCUT2D eigenvalue weighted by Crippen LogP contribution is 2.22. The van der Waals surface area contributed by atoms with E-state index >= 15 is 0 Å². The fourth-order valence-corrected chi connectivity index (χ4v) is 2.27. The van der Waals surface area contributed by atoms with Crippen LogP contribution in [0.2, 0.25) is 0 Å². The zero-order chi connectivity index (χ0) is 14.8. The van der Waals surface area contributed by atoms with Crippen LogP contribution in [0, 0.1) is 0 Å². The molecular weight excluding hydrogens is 282 g/mol. The first-order chi connectivity index (χ1) is 9.36. The fourth-order valence-electron chi connectivity index (χ4n) is 1.61. The van der Waals surface area contributed by atoms with Crippen molar-refractivity contribution < 1.29 is 23.1 Å². The zero-order valence-electron chi connectivity index (χ0n) is 10.5. The number of pyridine rings is 1. The molecule has 104 valence electrons. The lowest BCUT2D eigenvalue weighted by Gasteiger charge is -2.05. The number of hydrogen-bond acceptors (Lipinski definition) is 5. The van der Waals surface area contributed by atoms with Crippen molar-refractivity contribution in [3.63, 3.8) is 0 Å². The Morgan fingerprint density at radius 2 is 1.90 bits per heavy atom. The zero-order valence-corrected chi connectivity index (χ0v) is 11.3. The van der Waals surface area contributed by atoms with Gasteiger partial charge in [-0.05, 0) is 18.2 Å². The smallest absolute Gasteiger partial charge is 0.449 e. The number of hydrogen-bond donors (Lipinski definition) is 1. The molecule has 0 unspecified atom stereocenters. The van der Waals surface area contributed by atoms with Gasteiger partial charge in [-0.2, -0.15) is 0 Å². The van der Waals surface area contributed by atoms with Crippen molar-refractivity contribution in [2.75, 3.05) is 6.26 Å². The van der Waals surface area contributed by atoms with E-state index in [1.807, 2.05) is 0 Å². The van der Waals surface area contributed by atoms with Crippen LogP contribution in [0.5, 0.6) is 5.88 Å². The van der Waals surface area contributed by atoms with Crippen molar-refractivity contribution in [2.24, 2.45) is 0 Å². The molecule has 1 aromatic carbocycles. The van der Waals surface area contributed by atoms with Crippen LogP contribution < -0.4 is 4.74 Å². The topological polar surface area (TPSA) is 93.6 Å². The number of ether oxygens (including phenoxy) is 1. The van der Waals surface area contributed by atoms with Crippen LogP contribution >= 0.6 is 0 Å². The van der Waals surface area contributed by atoms with Gasteiger partial charge < -0.3 is 9.84 Å². The van der Waals surface area contributed by atoms with Gasteiger partial charge in [0.2, 0.25) is 5.88 Å². The summed E-state index contributed by atoms with van der Waals surface area (Å²) in [4.78, 5) is 14.6. The lowest BCUT2D eigenvalue weighted by atomic mass is 10.1. The Morgan fingerprint density at radius 3 is 2.55 bits per heavy atom. The molecule has 0 aliphatic rings. The largest absolute Gasteiger partial charge is 0.512 e. The molecule has 0 aliphatic carbocycles. The molecule has 0 aliphatic heterocycles. The SMILES string of the molecule is CS(=O)(=O)c1cccc(-c2cccc(OC(=O)O)n2)c1. The van der Waals surface area contributed by atoms with Crippen molar-refractivity contribution in [3.8, 4) is 17.1 Å². The lowest BCUT2D eigenvalue weighted by molar-refractivity contribution is 0.142. The van der Waals surface area contributed by atoms with E-state index < -0.39 is 16.0 Å². The molecule has 2 rings (SSSR count). The summed E-state index contributed by atoms with van der Waals surface area (Å²) in [5.74, 6) is -0.0697. The molecule has 0 radical (unpaired) electrons. The summed E-state index contributed by atoms with van der Waals surface area (Å²) in [5, 5.41) is 8.54. The van der Waals surface area contributed by atoms with Crippen LogP contribution in [0.3, 0.4) is 0 Å². The molecule has 6 nitrogen and oxygen atoms in total. The second-order valence-corrected chi connectivity index (χ2v) is 6.04. The average Bonchev–Trinajstić information content (AvgIpc) is 2.37. The van der Waals surface area contributed by atoms with Crippen molar-refractivity contribution in [3.05, 3.63) is 42.5 Å². The Kier molecular flexibility index (Phi) is 3.71. The molecule has 1 aromatic heterocycles. The molecule has 0 bridgehead atoms. The minimum Gasteiger partial charge on any atom is -0.449 e. The van der Waals surface area contributed by atoms with Crippen LogP contribution in [0.4, 0.5) is 4.79 Å². The van der Waals surface area contributed by atoms with Gasteiger partial charge in [0.25, 0.3) is 0 Å². The fraction of sp³-hybridized carbons (Fsp3) is 0.0769. The summed E-state index contributed by atoms with van der Waals surface area (Å²) in [5.41, 5.74) is 0.984. The molecule has 0 fully saturated rings. The second kappa shape index (κ2) is 5.30. The molecule has 20 heavy (non-hydrogen) atoms. The summed E-state index contributed by atoms with van der Waals surface area (Å²) in [6.45, 7) is 0. The Morgan fingerprint density at radius 1 is 1.20 bits per heavy atom. The predicted molar refractivity (Wildman–Crippen MR) is 71.4 cm³/mol. The summed E-state index contributed by atoms with van der Waals surface area (Å²) in [6, 6.07) is 10.8. The van der Waals surface area contributed by atoms with Crippen LogP contribution in [0.1, 0.15) is 0 Å². The number of rotatable bonds is 3. The lowest BCUT2D eigenvalue weighted by Crippen LogP contribution is -2.04. The van der Waals surface area contributed by atoms with Crippen LogP contribution in [-0.2, 0) is 9.84 Å². The molecule has 0 saturated carbocycles. The second-order valence-electron chi connectivity index (χ2n) is 4.03. The minimum absolute atomic E-state index is 0.0697. The van der Waals surface area contributed by atoms with Crippen molar-refractivity contribution in [1.29, 1.82) is 0 Å². The molecule has 7 heteroatoms. The highest BCUT2D eigenvalue weighted by molar-refractivity contribution is 7.90. The van der Waals surface area contributed by atoms with Crippen LogP contribution in [0.15, 0.2) is 47.4 Å². The summed E-state index contributed by atoms with van der Waals surface area (Å²) >= 11 is 0. The van der Waals surface area contributed by atoms with Gasteiger partial charge in [-0.25, -0.2) is 18.2 Å². The molecule has 0 spiro atoms. The number of carboxylic acid groups (broad SMARTS) is 1. The van der Waals surface area contributed by atoms with E-state index in [9.17, 15) is 13.2 Å². The summed E-state index contributed by atoms with van der Waals surface area (Å²) in [7, 11) is -3.32. The van der Waals surface area contributed by atoms with E-state index in [1.54, 1.807) is 24.3 Å². The van der Waals surface area contributed by atoms with Crippen LogP contribution in [0.25, 0.3) is 11.3 Å². The molecule has 0 amide bonds. The molecular formula is C13H11NO5S. The maximum Gasteiger partial charge on any atom is 0.512 e. The van der Waals surface area contributed by atoms with E-state index in [2.05, 4.69) is 9.72 Å². The van der Waals surface area contributed by atoms with Gasteiger partial charge in [0.05, 0.1) is 10.6 Å². The molecule has 1 heterocycles. The van der Waals surface area contributed by atoms with Gasteiger partial charge >= 0.3 is 6.16 Å². The van der Waals surface area contributed by atoms with E-state index in [1.165, 1.54) is 18.2 Å². The normalized spacial score (nSPS) is 11.1. The minimum atomic E-state index is -3.32. The molecule has 2 aromatic rings. The van der Waals surface area contributed by atoms with Gasteiger partial charge in [-0.3, -0.25) is 0 Å². The maximum atomic E-state index is 11.5. The Balaban J connectivity index is 2.44. The van der Waals surface area contributed by atoms with Crippen molar-refractivity contribution >= 4 is 16.0 Å². The third-order valence-electron chi connectivity index (χ3n) is 2.47. The number of benzene rings is 1. The third kappa shape index (κ3) is 3.33. The van der Waals surface area contributed by atoms with Gasteiger partial charge in [-0.1, -0.05) is 18.2 Å². The van der Waals surface area contributed by atoms with Crippen molar-refractivity contribution in [1.82, 2.24) is 4.98 Å². The maximum absolute atomic E-state index is 11.5. The van der Waals surface area contributed by atoms with E-state index in [0.29, 0.717) is 11.3 Å².